The highest BCUT2D eigenvalue weighted by Gasteiger charge is 2.35. The van der Waals surface area contributed by atoms with Crippen LogP contribution in [0, 0.1) is 11.8 Å². The second-order valence-corrected chi connectivity index (χ2v) is 3.92. The van der Waals surface area contributed by atoms with Crippen molar-refractivity contribution in [3.8, 4) is 0 Å². The average Bonchev–Trinajstić information content (AvgIpc) is 2.54. The van der Waals surface area contributed by atoms with Gasteiger partial charge in [-0.15, -0.1) is 0 Å². The Bertz CT molecular complexity index is 172. The van der Waals surface area contributed by atoms with Crippen LogP contribution < -0.4 is 0 Å². The maximum absolute atomic E-state index is 4.50. The molecule has 2 atom stereocenters. The fourth-order valence-corrected chi connectivity index (χ4v) is 2.13. The van der Waals surface area contributed by atoms with E-state index in [0.717, 1.165) is 18.4 Å². The molecule has 1 heteroatoms. The second kappa shape index (κ2) is 2.96. The lowest BCUT2D eigenvalue weighted by Crippen LogP contribution is -1.95. The molecule has 0 spiro atoms. The number of aliphatic imine (C=N–C) groups is 1. The number of rotatable bonds is 3. The van der Waals surface area contributed by atoms with Crippen molar-refractivity contribution in [1.82, 2.24) is 0 Å². The topological polar surface area (TPSA) is 12.4 Å². The zero-order chi connectivity index (χ0) is 7.68. The lowest BCUT2D eigenvalue weighted by atomic mass is 10.1. The molecule has 1 aliphatic heterocycles. The third-order valence-electron chi connectivity index (χ3n) is 3.05. The van der Waals surface area contributed by atoms with E-state index < -0.39 is 0 Å². The van der Waals surface area contributed by atoms with E-state index in [2.05, 4.69) is 11.9 Å². The summed E-state index contributed by atoms with van der Waals surface area (Å²) in [4.78, 5) is 4.50. The quantitative estimate of drug-likeness (QED) is 0.588. The summed E-state index contributed by atoms with van der Waals surface area (Å²) in [5.74, 6) is 2.08. The summed E-state index contributed by atoms with van der Waals surface area (Å²) < 4.78 is 0. The average molecular weight is 151 g/mol. The second-order valence-electron chi connectivity index (χ2n) is 3.92. The van der Waals surface area contributed by atoms with Gasteiger partial charge in [-0.05, 0) is 37.5 Å². The standard InChI is InChI=1S/C10H17N/c1-2-8-6-9(8)7-10-4-3-5-11-10/h8-9H,2-7H2,1H3. The van der Waals surface area contributed by atoms with Crippen molar-refractivity contribution in [3.05, 3.63) is 0 Å². The Balaban J connectivity index is 1.75. The molecular formula is C10H17N. The van der Waals surface area contributed by atoms with E-state index in [1.807, 2.05) is 0 Å². The summed E-state index contributed by atoms with van der Waals surface area (Å²) >= 11 is 0. The molecule has 2 aliphatic rings. The van der Waals surface area contributed by atoms with Crippen molar-refractivity contribution in [1.29, 1.82) is 0 Å². The van der Waals surface area contributed by atoms with Crippen molar-refractivity contribution in [2.75, 3.05) is 6.54 Å². The molecule has 0 bridgehead atoms. The first-order valence-corrected chi connectivity index (χ1v) is 4.92. The van der Waals surface area contributed by atoms with Crippen molar-refractivity contribution in [2.24, 2.45) is 16.8 Å². The van der Waals surface area contributed by atoms with Crippen molar-refractivity contribution in [2.45, 2.75) is 39.0 Å². The zero-order valence-corrected chi connectivity index (χ0v) is 7.34. The molecule has 1 nitrogen and oxygen atoms in total. The molecule has 1 fully saturated rings. The van der Waals surface area contributed by atoms with Crippen LogP contribution in [-0.4, -0.2) is 12.3 Å². The first kappa shape index (κ1) is 7.33. The van der Waals surface area contributed by atoms with Gasteiger partial charge in [-0.2, -0.15) is 0 Å². The Morgan fingerprint density at radius 1 is 1.45 bits per heavy atom. The lowest BCUT2D eigenvalue weighted by Gasteiger charge is -1.96. The van der Waals surface area contributed by atoms with Gasteiger partial charge in [0.1, 0.15) is 0 Å². The molecule has 1 aliphatic carbocycles. The molecule has 1 saturated carbocycles. The van der Waals surface area contributed by atoms with E-state index in [9.17, 15) is 0 Å². The van der Waals surface area contributed by atoms with E-state index in [1.165, 1.54) is 37.8 Å². The number of hydrogen-bond acceptors (Lipinski definition) is 1. The Kier molecular flexibility index (Phi) is 1.97. The molecule has 11 heavy (non-hydrogen) atoms. The van der Waals surface area contributed by atoms with Gasteiger partial charge in [0.2, 0.25) is 0 Å². The summed E-state index contributed by atoms with van der Waals surface area (Å²) in [7, 11) is 0. The molecule has 62 valence electrons. The first-order valence-electron chi connectivity index (χ1n) is 4.92. The Hall–Kier alpha value is -0.330. The zero-order valence-electron chi connectivity index (χ0n) is 7.34. The van der Waals surface area contributed by atoms with Crippen LogP contribution in [0.1, 0.15) is 39.0 Å². The van der Waals surface area contributed by atoms with E-state index in [1.54, 1.807) is 0 Å². The molecule has 1 heterocycles. The lowest BCUT2D eigenvalue weighted by molar-refractivity contribution is 0.696. The van der Waals surface area contributed by atoms with E-state index >= 15 is 0 Å². The third kappa shape index (κ3) is 1.63. The van der Waals surface area contributed by atoms with Gasteiger partial charge in [-0.25, -0.2) is 0 Å². The predicted octanol–water partition coefficient (Wildman–Crippen LogP) is 2.66. The van der Waals surface area contributed by atoms with Crippen LogP contribution in [0.2, 0.25) is 0 Å². The van der Waals surface area contributed by atoms with Crippen LogP contribution in [0.3, 0.4) is 0 Å². The molecule has 0 aromatic heterocycles. The van der Waals surface area contributed by atoms with E-state index in [-0.39, 0.29) is 0 Å². The molecular weight excluding hydrogens is 134 g/mol. The van der Waals surface area contributed by atoms with Gasteiger partial charge in [0, 0.05) is 12.3 Å². The first-order chi connectivity index (χ1) is 5.40. The van der Waals surface area contributed by atoms with Crippen molar-refractivity contribution in [3.63, 3.8) is 0 Å². The summed E-state index contributed by atoms with van der Waals surface area (Å²) in [6.45, 7) is 3.42. The van der Waals surface area contributed by atoms with E-state index in [4.69, 9.17) is 0 Å². The number of nitrogens with zero attached hydrogens (tertiary/aromatic N) is 1. The molecule has 0 amide bonds. The number of hydrogen-bond donors (Lipinski definition) is 0. The predicted molar refractivity (Wildman–Crippen MR) is 48.0 cm³/mol. The van der Waals surface area contributed by atoms with Gasteiger partial charge in [0.05, 0.1) is 0 Å². The van der Waals surface area contributed by atoms with Gasteiger partial charge >= 0.3 is 0 Å². The summed E-state index contributed by atoms with van der Waals surface area (Å²) in [6, 6.07) is 0. The Morgan fingerprint density at radius 3 is 2.91 bits per heavy atom. The molecule has 0 aromatic rings. The van der Waals surface area contributed by atoms with Gasteiger partial charge in [0.15, 0.2) is 0 Å². The van der Waals surface area contributed by atoms with Crippen LogP contribution in [0.4, 0.5) is 0 Å². The minimum atomic E-state index is 1.02. The van der Waals surface area contributed by atoms with E-state index in [0.29, 0.717) is 0 Å². The van der Waals surface area contributed by atoms with Crippen LogP contribution in [0.5, 0.6) is 0 Å². The highest BCUT2D eigenvalue weighted by molar-refractivity contribution is 5.86. The SMILES string of the molecule is CCC1CC1CC1=NCCC1. The van der Waals surface area contributed by atoms with Crippen molar-refractivity contribution < 1.29 is 0 Å². The van der Waals surface area contributed by atoms with Gasteiger partial charge in [0.25, 0.3) is 0 Å². The maximum Gasteiger partial charge on any atom is 0.0392 e. The Morgan fingerprint density at radius 2 is 2.36 bits per heavy atom. The van der Waals surface area contributed by atoms with Gasteiger partial charge < -0.3 is 0 Å². The minimum Gasteiger partial charge on any atom is -0.294 e. The van der Waals surface area contributed by atoms with Gasteiger partial charge in [-0.1, -0.05) is 13.3 Å². The van der Waals surface area contributed by atoms with Crippen molar-refractivity contribution >= 4 is 5.71 Å². The molecule has 2 unspecified atom stereocenters. The van der Waals surface area contributed by atoms with Crippen LogP contribution >= 0.6 is 0 Å². The van der Waals surface area contributed by atoms with Gasteiger partial charge in [-0.3, -0.25) is 4.99 Å². The molecule has 0 saturated heterocycles. The normalized spacial score (nSPS) is 35.5. The molecule has 2 rings (SSSR count). The highest BCUT2D eigenvalue weighted by atomic mass is 14.8. The fraction of sp³-hybridized carbons (Fsp3) is 0.900. The summed E-state index contributed by atoms with van der Waals surface area (Å²) in [5.41, 5.74) is 1.52. The van der Waals surface area contributed by atoms with Crippen LogP contribution in [-0.2, 0) is 0 Å². The molecule has 0 N–H and O–H groups in total. The highest BCUT2D eigenvalue weighted by Crippen LogP contribution is 2.44. The summed E-state index contributed by atoms with van der Waals surface area (Å²) in [6.07, 6.45) is 6.82. The smallest absolute Gasteiger partial charge is 0.0392 e. The largest absolute Gasteiger partial charge is 0.294 e. The van der Waals surface area contributed by atoms with Crippen LogP contribution in [0.25, 0.3) is 0 Å². The Labute approximate surface area is 68.9 Å². The molecule has 0 aromatic carbocycles. The minimum absolute atomic E-state index is 1.02. The monoisotopic (exact) mass is 151 g/mol. The fourth-order valence-electron chi connectivity index (χ4n) is 2.13. The maximum atomic E-state index is 4.50. The molecule has 0 radical (unpaired) electrons. The summed E-state index contributed by atoms with van der Waals surface area (Å²) in [5, 5.41) is 0. The van der Waals surface area contributed by atoms with Crippen LogP contribution in [0.15, 0.2) is 4.99 Å². The third-order valence-corrected chi connectivity index (χ3v) is 3.05.